The number of hydrogen-bond donors (Lipinski definition) is 2. The van der Waals surface area contributed by atoms with Crippen molar-refractivity contribution in [2.24, 2.45) is 0 Å². The number of hydrogen-bond acceptors (Lipinski definition) is 7. The molecule has 31 heavy (non-hydrogen) atoms. The minimum absolute atomic E-state index is 0.0482. The van der Waals surface area contributed by atoms with Gasteiger partial charge in [-0.1, -0.05) is 6.08 Å². The molecule has 0 saturated carbocycles. The maximum atomic E-state index is 12.5. The van der Waals surface area contributed by atoms with Crippen LogP contribution in [0.3, 0.4) is 0 Å². The van der Waals surface area contributed by atoms with E-state index >= 15 is 0 Å². The van der Waals surface area contributed by atoms with Gasteiger partial charge in [0.1, 0.15) is 23.4 Å². The second-order valence-corrected chi connectivity index (χ2v) is 7.53. The zero-order valence-electron chi connectivity index (χ0n) is 17.5. The van der Waals surface area contributed by atoms with Crippen molar-refractivity contribution in [1.82, 2.24) is 9.97 Å². The highest BCUT2D eigenvalue weighted by molar-refractivity contribution is 6.03. The summed E-state index contributed by atoms with van der Waals surface area (Å²) in [6, 6.07) is 6.86. The molecule has 2 aliphatic rings. The van der Waals surface area contributed by atoms with Crippen molar-refractivity contribution in [1.29, 1.82) is 0 Å². The van der Waals surface area contributed by atoms with Crippen molar-refractivity contribution in [2.45, 2.75) is 31.8 Å². The lowest BCUT2D eigenvalue weighted by molar-refractivity contribution is 0.0972. The summed E-state index contributed by atoms with van der Waals surface area (Å²) in [5.74, 6) is 2.36. The summed E-state index contributed by atoms with van der Waals surface area (Å²) in [5, 5.41) is 12.8. The molecule has 1 aliphatic carbocycles. The summed E-state index contributed by atoms with van der Waals surface area (Å²) in [6.45, 7) is 1.46. The molecule has 0 bridgehead atoms. The van der Waals surface area contributed by atoms with Crippen molar-refractivity contribution in [3.63, 3.8) is 0 Å². The number of rotatable bonds is 6. The molecule has 1 fully saturated rings. The van der Waals surface area contributed by atoms with Gasteiger partial charge in [-0.05, 0) is 49.6 Å². The van der Waals surface area contributed by atoms with Gasteiger partial charge in [0.2, 0.25) is 0 Å². The van der Waals surface area contributed by atoms with E-state index in [1.54, 1.807) is 37.6 Å². The van der Waals surface area contributed by atoms with E-state index in [-0.39, 0.29) is 12.0 Å². The van der Waals surface area contributed by atoms with E-state index in [2.05, 4.69) is 20.2 Å². The smallest absolute Gasteiger partial charge is 0.256 e. The molecular formula is C23H26N4O4. The molecule has 162 valence electrons. The van der Waals surface area contributed by atoms with Gasteiger partial charge >= 0.3 is 0 Å². The second kappa shape index (κ2) is 9.51. The predicted molar refractivity (Wildman–Crippen MR) is 117 cm³/mol. The average molecular weight is 422 g/mol. The highest BCUT2D eigenvalue weighted by Gasteiger charge is 2.24. The fraction of sp³-hybridized carbons (Fsp3) is 0.348. The van der Waals surface area contributed by atoms with E-state index in [1.165, 1.54) is 6.20 Å². The van der Waals surface area contributed by atoms with Gasteiger partial charge < -0.3 is 24.8 Å². The first-order chi connectivity index (χ1) is 15.1. The minimum atomic E-state index is -0.263. The third kappa shape index (κ3) is 5.14. The zero-order chi connectivity index (χ0) is 21.6. The Morgan fingerprint density at radius 2 is 2.10 bits per heavy atom. The van der Waals surface area contributed by atoms with E-state index in [9.17, 15) is 9.90 Å². The van der Waals surface area contributed by atoms with Crippen LogP contribution >= 0.6 is 0 Å². The Morgan fingerprint density at radius 1 is 1.26 bits per heavy atom. The van der Waals surface area contributed by atoms with E-state index in [4.69, 9.17) is 9.47 Å². The van der Waals surface area contributed by atoms with Gasteiger partial charge in [0.15, 0.2) is 11.6 Å². The molecule has 1 aromatic carbocycles. The van der Waals surface area contributed by atoms with Crippen LogP contribution in [0.2, 0.25) is 0 Å². The van der Waals surface area contributed by atoms with E-state index < -0.39 is 0 Å². The van der Waals surface area contributed by atoms with Gasteiger partial charge in [0, 0.05) is 18.5 Å². The standard InChI is InChI=1S/C23H26N4O4/c1-30-17-10-8-16(9-11-17)23(29)26-21-13-24-14-22(25-21)27-12-4-5-18(15-27)31-20-7-3-2-6-19(20)28/h3,7-11,13-14,18,28H,2,4-6,12,15H2,1H3,(H,25,26,29). The van der Waals surface area contributed by atoms with Crippen LogP contribution in [0, 0.1) is 0 Å². The molecule has 4 rings (SSSR count). The van der Waals surface area contributed by atoms with Crippen LogP contribution in [0.5, 0.6) is 5.75 Å². The number of amides is 1. The number of carbonyl (C=O) groups is 1. The Hall–Kier alpha value is -3.55. The summed E-state index contributed by atoms with van der Waals surface area (Å²) < 4.78 is 11.2. The Balaban J connectivity index is 1.41. The highest BCUT2D eigenvalue weighted by Crippen LogP contribution is 2.25. The Labute approximate surface area is 181 Å². The SMILES string of the molecule is COc1ccc(C(=O)Nc2cncc(N3CCCC(OC4=C(O)CCC=C4)C3)n2)cc1. The fourth-order valence-electron chi connectivity index (χ4n) is 3.66. The molecular weight excluding hydrogens is 396 g/mol. The van der Waals surface area contributed by atoms with Gasteiger partial charge in [-0.3, -0.25) is 9.78 Å². The summed E-state index contributed by atoms with van der Waals surface area (Å²) in [7, 11) is 1.58. The van der Waals surface area contributed by atoms with Crippen LogP contribution in [-0.4, -0.2) is 47.3 Å². The summed E-state index contributed by atoms with van der Waals surface area (Å²) in [6.07, 6.45) is 10.3. The maximum Gasteiger partial charge on any atom is 0.256 e. The number of piperidine rings is 1. The predicted octanol–water partition coefficient (Wildman–Crippen LogP) is 3.84. The van der Waals surface area contributed by atoms with Crippen LogP contribution in [0.4, 0.5) is 11.6 Å². The Morgan fingerprint density at radius 3 is 2.87 bits per heavy atom. The molecule has 1 aliphatic heterocycles. The van der Waals surface area contributed by atoms with Gasteiger partial charge in [0.25, 0.3) is 5.91 Å². The number of benzene rings is 1. The molecule has 2 N–H and O–H groups in total. The van der Waals surface area contributed by atoms with Crippen molar-refractivity contribution in [3.05, 3.63) is 65.9 Å². The van der Waals surface area contributed by atoms with Crippen LogP contribution < -0.4 is 15.0 Å². The molecule has 0 radical (unpaired) electrons. The number of ether oxygens (including phenoxy) is 2. The third-order valence-corrected chi connectivity index (χ3v) is 5.31. The molecule has 1 amide bonds. The second-order valence-electron chi connectivity index (χ2n) is 7.53. The normalized spacial score (nSPS) is 18.6. The number of nitrogens with one attached hydrogen (secondary N) is 1. The molecule has 2 heterocycles. The summed E-state index contributed by atoms with van der Waals surface area (Å²) in [4.78, 5) is 23.4. The summed E-state index contributed by atoms with van der Waals surface area (Å²) >= 11 is 0. The molecule has 0 spiro atoms. The molecule has 2 aromatic rings. The molecule has 1 aromatic heterocycles. The molecule has 8 heteroatoms. The Bertz CT molecular complexity index is 987. The lowest BCUT2D eigenvalue weighted by Gasteiger charge is -2.34. The van der Waals surface area contributed by atoms with Crippen LogP contribution in [0.25, 0.3) is 0 Å². The van der Waals surface area contributed by atoms with Crippen molar-refractivity contribution in [3.8, 4) is 5.75 Å². The number of aromatic nitrogens is 2. The number of aliphatic hydroxyl groups excluding tert-OH is 1. The van der Waals surface area contributed by atoms with Gasteiger partial charge in [-0.2, -0.15) is 0 Å². The van der Waals surface area contributed by atoms with Gasteiger partial charge in [0.05, 0.1) is 26.0 Å². The number of methoxy groups -OCH3 is 1. The van der Waals surface area contributed by atoms with E-state index in [0.717, 1.165) is 25.8 Å². The first kappa shape index (κ1) is 20.7. The van der Waals surface area contributed by atoms with Crippen molar-refractivity contribution in [2.75, 3.05) is 30.4 Å². The third-order valence-electron chi connectivity index (χ3n) is 5.31. The van der Waals surface area contributed by atoms with Crippen LogP contribution in [0.1, 0.15) is 36.0 Å². The maximum absolute atomic E-state index is 12.5. The lowest BCUT2D eigenvalue weighted by Crippen LogP contribution is -2.40. The van der Waals surface area contributed by atoms with E-state index in [1.807, 2.05) is 12.2 Å². The number of aliphatic hydroxyl groups is 1. The van der Waals surface area contributed by atoms with E-state index in [0.29, 0.717) is 47.4 Å². The Kier molecular flexibility index (Phi) is 6.35. The number of allylic oxidation sites excluding steroid dienone is 3. The summed E-state index contributed by atoms with van der Waals surface area (Å²) in [5.41, 5.74) is 0.507. The molecule has 1 saturated heterocycles. The molecule has 8 nitrogen and oxygen atoms in total. The van der Waals surface area contributed by atoms with Crippen LogP contribution in [0.15, 0.2) is 60.3 Å². The molecule has 1 unspecified atom stereocenters. The topological polar surface area (TPSA) is 96.8 Å². The van der Waals surface area contributed by atoms with Crippen LogP contribution in [-0.2, 0) is 4.74 Å². The first-order valence-corrected chi connectivity index (χ1v) is 10.4. The lowest BCUT2D eigenvalue weighted by atomic mass is 10.1. The van der Waals surface area contributed by atoms with Gasteiger partial charge in [-0.25, -0.2) is 4.98 Å². The highest BCUT2D eigenvalue weighted by atomic mass is 16.5. The van der Waals surface area contributed by atoms with Crippen molar-refractivity contribution >= 4 is 17.5 Å². The number of nitrogens with zero attached hydrogens (tertiary/aromatic N) is 3. The first-order valence-electron chi connectivity index (χ1n) is 10.4. The fourth-order valence-corrected chi connectivity index (χ4v) is 3.66. The zero-order valence-corrected chi connectivity index (χ0v) is 17.5. The average Bonchev–Trinajstić information content (AvgIpc) is 2.81. The quantitative estimate of drug-likeness (QED) is 0.730. The monoisotopic (exact) mass is 422 g/mol. The van der Waals surface area contributed by atoms with Crippen molar-refractivity contribution < 1.29 is 19.4 Å². The minimum Gasteiger partial charge on any atom is -0.508 e. The number of anilines is 2. The largest absolute Gasteiger partial charge is 0.508 e. The van der Waals surface area contributed by atoms with Gasteiger partial charge in [-0.15, -0.1) is 0 Å². The molecule has 1 atom stereocenters. The number of carbonyl (C=O) groups excluding carboxylic acids is 1.